The number of methoxy groups -OCH3 is 1. The molecule has 1 heterocycles. The molecule has 0 aromatic heterocycles. The molecule has 1 atom stereocenters. The highest BCUT2D eigenvalue weighted by atomic mass is 16.5. The number of carbonyl (C=O) groups is 1. The molecule has 1 aliphatic rings. The predicted octanol–water partition coefficient (Wildman–Crippen LogP) is 5.15. The number of ether oxygens (including phenoxy) is 1. The predicted molar refractivity (Wildman–Crippen MR) is 155 cm³/mol. The van der Waals surface area contributed by atoms with E-state index in [9.17, 15) is 9.90 Å². The van der Waals surface area contributed by atoms with E-state index in [2.05, 4.69) is 35.2 Å². The van der Waals surface area contributed by atoms with Crippen LogP contribution in [0.25, 0.3) is 11.1 Å². The van der Waals surface area contributed by atoms with Gasteiger partial charge >= 0.3 is 5.97 Å². The summed E-state index contributed by atoms with van der Waals surface area (Å²) in [5.41, 5.74) is 19.7. The molecule has 4 aromatic carbocycles. The number of nitrogens with zero attached hydrogens (tertiary/aromatic N) is 1. The fraction of sp³-hybridized carbons (Fsp3) is 0.188. The lowest BCUT2D eigenvalue weighted by atomic mass is 9.92. The van der Waals surface area contributed by atoms with Crippen molar-refractivity contribution >= 4 is 17.5 Å². The van der Waals surface area contributed by atoms with Gasteiger partial charge in [-0.05, 0) is 76.2 Å². The van der Waals surface area contributed by atoms with Gasteiger partial charge in [0, 0.05) is 36.8 Å². The van der Waals surface area contributed by atoms with E-state index in [1.54, 1.807) is 18.2 Å². The quantitative estimate of drug-likeness (QED) is 0.179. The molecule has 0 saturated carbocycles. The molecule has 5 rings (SSSR count). The molecule has 0 saturated heterocycles. The van der Waals surface area contributed by atoms with Crippen molar-refractivity contribution in [2.75, 3.05) is 18.6 Å². The Labute approximate surface area is 228 Å². The first kappa shape index (κ1) is 26.0. The summed E-state index contributed by atoms with van der Waals surface area (Å²) in [7, 11) is 1.52. The van der Waals surface area contributed by atoms with E-state index in [-0.39, 0.29) is 17.3 Å². The number of carboxylic acid groups (broad SMARTS) is 1. The number of carboxylic acids is 1. The minimum Gasteiger partial charge on any atom is -0.497 e. The van der Waals surface area contributed by atoms with Gasteiger partial charge < -0.3 is 26.2 Å². The topological polar surface area (TPSA) is 126 Å². The van der Waals surface area contributed by atoms with Gasteiger partial charge in [0.05, 0.1) is 12.7 Å². The highest BCUT2D eigenvalue weighted by molar-refractivity contribution is 5.97. The van der Waals surface area contributed by atoms with Gasteiger partial charge in [-0.1, -0.05) is 48.5 Å². The third-order valence-electron chi connectivity index (χ3n) is 7.40. The molecule has 4 aromatic rings. The number of nitrogen functional groups attached to an aromatic ring is 1. The van der Waals surface area contributed by atoms with Gasteiger partial charge in [-0.25, -0.2) is 4.79 Å². The number of aromatic carboxylic acids is 1. The summed E-state index contributed by atoms with van der Waals surface area (Å²) in [6.07, 6.45) is 0.864. The highest BCUT2D eigenvalue weighted by Crippen LogP contribution is 2.41. The van der Waals surface area contributed by atoms with Crippen LogP contribution in [0.4, 0.5) is 5.69 Å². The largest absolute Gasteiger partial charge is 0.497 e. The molecule has 0 bridgehead atoms. The van der Waals surface area contributed by atoms with Crippen LogP contribution in [-0.2, 0) is 19.5 Å². The molecule has 6 N–H and O–H groups in total. The van der Waals surface area contributed by atoms with Gasteiger partial charge in [0.1, 0.15) is 11.6 Å². The van der Waals surface area contributed by atoms with Gasteiger partial charge in [0.15, 0.2) is 0 Å². The Bertz CT molecular complexity index is 1530. The normalized spacial score (nSPS) is 14.2. The molecular weight excluding hydrogens is 488 g/mol. The first-order chi connectivity index (χ1) is 18.9. The number of benzene rings is 4. The zero-order valence-electron chi connectivity index (χ0n) is 21.9. The highest BCUT2D eigenvalue weighted by Gasteiger charge is 2.30. The van der Waals surface area contributed by atoms with E-state index in [1.807, 2.05) is 36.4 Å². The second-order valence-electron chi connectivity index (χ2n) is 9.87. The summed E-state index contributed by atoms with van der Waals surface area (Å²) in [6.45, 7) is 1.75. The number of hydrogen-bond acceptors (Lipinski definition) is 5. The fourth-order valence-electron chi connectivity index (χ4n) is 5.46. The lowest BCUT2D eigenvalue weighted by molar-refractivity contribution is 0.0697. The maximum Gasteiger partial charge on any atom is 0.336 e. The standard InChI is InChI=1S/C32H32N4O3/c1-39-25-9-11-27(29(16-25)32(37)38)26-10-7-21(17-33)14-23(26)18-36-19-24(13-20-5-3-2-4-6-20)28-15-22(31(34)35)8-12-30(28)36/h2-12,14-16,24H,13,17-19,33H2,1H3,(H3,34,35)(H,37,38). The van der Waals surface area contributed by atoms with E-state index in [0.29, 0.717) is 30.0 Å². The van der Waals surface area contributed by atoms with E-state index in [1.165, 1.54) is 18.2 Å². The van der Waals surface area contributed by atoms with Crippen LogP contribution in [0.3, 0.4) is 0 Å². The van der Waals surface area contributed by atoms with Crippen molar-refractivity contribution in [3.05, 3.63) is 118 Å². The molecular formula is C32H32N4O3. The van der Waals surface area contributed by atoms with Crippen molar-refractivity contribution in [1.82, 2.24) is 0 Å². The zero-order chi connectivity index (χ0) is 27.5. The SMILES string of the molecule is COc1ccc(-c2ccc(CN)cc2CN2CC(Cc3ccccc3)c3cc(C(=N)N)ccc32)c(C(=O)O)c1. The van der Waals surface area contributed by atoms with E-state index in [4.69, 9.17) is 21.6 Å². The van der Waals surface area contributed by atoms with Crippen molar-refractivity contribution in [3.63, 3.8) is 0 Å². The van der Waals surface area contributed by atoms with Crippen LogP contribution in [0.5, 0.6) is 5.75 Å². The molecule has 0 spiro atoms. The summed E-state index contributed by atoms with van der Waals surface area (Å²) < 4.78 is 5.28. The second kappa shape index (κ2) is 11.0. The average Bonchev–Trinajstić information content (AvgIpc) is 3.29. The number of fused-ring (bicyclic) bond motifs is 1. The lowest BCUT2D eigenvalue weighted by Gasteiger charge is -2.23. The van der Waals surface area contributed by atoms with Crippen molar-refractivity contribution < 1.29 is 14.6 Å². The first-order valence-electron chi connectivity index (χ1n) is 12.9. The maximum atomic E-state index is 12.2. The summed E-state index contributed by atoms with van der Waals surface area (Å²) in [5, 5.41) is 17.9. The smallest absolute Gasteiger partial charge is 0.336 e. The molecule has 0 amide bonds. The Morgan fingerprint density at radius 2 is 1.77 bits per heavy atom. The molecule has 0 fully saturated rings. The van der Waals surface area contributed by atoms with Crippen LogP contribution in [0, 0.1) is 5.41 Å². The number of anilines is 1. The zero-order valence-corrected chi connectivity index (χ0v) is 21.9. The van der Waals surface area contributed by atoms with Gasteiger partial charge in [0.2, 0.25) is 0 Å². The molecule has 1 unspecified atom stereocenters. The summed E-state index contributed by atoms with van der Waals surface area (Å²) in [4.78, 5) is 14.5. The van der Waals surface area contributed by atoms with Crippen molar-refractivity contribution in [2.24, 2.45) is 11.5 Å². The van der Waals surface area contributed by atoms with Crippen molar-refractivity contribution in [1.29, 1.82) is 5.41 Å². The number of nitrogens with one attached hydrogen (secondary N) is 1. The Balaban J connectivity index is 1.56. The van der Waals surface area contributed by atoms with Gasteiger partial charge in [-0.15, -0.1) is 0 Å². The van der Waals surface area contributed by atoms with Gasteiger partial charge in [-0.2, -0.15) is 0 Å². The third-order valence-corrected chi connectivity index (χ3v) is 7.40. The molecule has 1 aliphatic heterocycles. The lowest BCUT2D eigenvalue weighted by Crippen LogP contribution is -2.22. The summed E-state index contributed by atoms with van der Waals surface area (Å²) in [5.74, 6) is -0.245. The van der Waals surface area contributed by atoms with E-state index >= 15 is 0 Å². The molecule has 0 aliphatic carbocycles. The van der Waals surface area contributed by atoms with Crippen LogP contribution in [-0.4, -0.2) is 30.6 Å². The van der Waals surface area contributed by atoms with Gasteiger partial charge in [0.25, 0.3) is 0 Å². The monoisotopic (exact) mass is 520 g/mol. The third kappa shape index (κ3) is 5.35. The fourth-order valence-corrected chi connectivity index (χ4v) is 5.46. The number of hydrogen-bond donors (Lipinski definition) is 4. The number of nitrogens with two attached hydrogens (primary N) is 2. The average molecular weight is 521 g/mol. The molecule has 39 heavy (non-hydrogen) atoms. The Kier molecular flexibility index (Phi) is 7.34. The number of rotatable bonds is 9. The van der Waals surface area contributed by atoms with Crippen LogP contribution in [0.2, 0.25) is 0 Å². The Hall–Kier alpha value is -4.62. The molecule has 7 nitrogen and oxygen atoms in total. The maximum absolute atomic E-state index is 12.2. The minimum atomic E-state index is -1.01. The second-order valence-corrected chi connectivity index (χ2v) is 9.87. The number of amidine groups is 1. The van der Waals surface area contributed by atoms with Crippen LogP contribution >= 0.6 is 0 Å². The van der Waals surface area contributed by atoms with E-state index in [0.717, 1.165) is 35.3 Å². The first-order valence-corrected chi connectivity index (χ1v) is 12.9. The Morgan fingerprint density at radius 1 is 1.00 bits per heavy atom. The van der Waals surface area contributed by atoms with Crippen LogP contribution in [0.1, 0.15) is 44.1 Å². The molecule has 7 heteroatoms. The molecule has 0 radical (unpaired) electrons. The molecule has 198 valence electrons. The summed E-state index contributed by atoms with van der Waals surface area (Å²) in [6, 6.07) is 27.5. The van der Waals surface area contributed by atoms with Crippen LogP contribution < -0.4 is 21.1 Å². The van der Waals surface area contributed by atoms with Crippen molar-refractivity contribution in [3.8, 4) is 16.9 Å². The minimum absolute atomic E-state index is 0.0494. The van der Waals surface area contributed by atoms with E-state index < -0.39 is 5.97 Å². The van der Waals surface area contributed by atoms with Gasteiger partial charge in [-0.3, -0.25) is 5.41 Å². The van der Waals surface area contributed by atoms with Crippen molar-refractivity contribution in [2.45, 2.75) is 25.4 Å². The van der Waals surface area contributed by atoms with Crippen LogP contribution in [0.15, 0.2) is 84.9 Å². The Morgan fingerprint density at radius 3 is 2.46 bits per heavy atom. The summed E-state index contributed by atoms with van der Waals surface area (Å²) >= 11 is 0.